The quantitative estimate of drug-likeness (QED) is 0.305. The molecule has 1 aromatic carbocycles. The average molecular weight is 466 g/mol. The number of carbonyl (C=O) groups is 1. The summed E-state index contributed by atoms with van der Waals surface area (Å²) < 4.78 is 21.0. The number of carbonyl (C=O) groups excluding carboxylic acids is 1. The van der Waals surface area contributed by atoms with E-state index in [0.29, 0.717) is 18.5 Å². The summed E-state index contributed by atoms with van der Waals surface area (Å²) in [5, 5.41) is 0. The van der Waals surface area contributed by atoms with Gasteiger partial charge in [0.1, 0.15) is 18.3 Å². The van der Waals surface area contributed by atoms with Gasteiger partial charge in [0.15, 0.2) is 29.5 Å². The smallest absolute Gasteiger partial charge is 0.283 e. The lowest BCUT2D eigenvalue weighted by Gasteiger charge is -2.23. The Morgan fingerprint density at radius 2 is 1.91 bits per heavy atom. The molecule has 4 heterocycles. The van der Waals surface area contributed by atoms with Crippen LogP contribution in [0.15, 0.2) is 46.4 Å². The molecule has 11 nitrogen and oxygen atoms in total. The van der Waals surface area contributed by atoms with E-state index in [1.54, 1.807) is 29.7 Å². The van der Waals surface area contributed by atoms with Crippen molar-refractivity contribution in [3.05, 3.63) is 52.6 Å². The van der Waals surface area contributed by atoms with Crippen molar-refractivity contribution in [3.63, 3.8) is 0 Å². The zero-order chi connectivity index (χ0) is 24.0. The highest BCUT2D eigenvalue weighted by Gasteiger charge is 2.56. The molecular formula is C23H26N6O5. The van der Waals surface area contributed by atoms with Crippen LogP contribution in [-0.2, 0) is 25.5 Å². The third-order valence-corrected chi connectivity index (χ3v) is 5.72. The minimum absolute atomic E-state index is 0.174. The topological polar surface area (TPSA) is 113 Å². The largest absolute Gasteiger partial charge is 0.369 e. The van der Waals surface area contributed by atoms with Crippen molar-refractivity contribution < 1.29 is 19.0 Å². The van der Waals surface area contributed by atoms with E-state index in [1.807, 2.05) is 44.4 Å². The van der Waals surface area contributed by atoms with Crippen molar-refractivity contribution >= 4 is 29.7 Å². The van der Waals surface area contributed by atoms with Crippen molar-refractivity contribution in [2.45, 2.75) is 50.7 Å². The molecule has 0 amide bonds. The second kappa shape index (κ2) is 8.42. The standard InChI is InChI=1S/C23H26N6O5/c1-23(2)33-17-15(11-30)32-21(18(17)34-23)29-13-24-16-19(29)26-22(25-12-27(3)4)28(20(16)31)10-14-8-6-5-7-9-14/h5-9,11-13,15,17-18,21H,10H2,1-4H3. The first-order chi connectivity index (χ1) is 16.3. The highest BCUT2D eigenvalue weighted by Crippen LogP contribution is 2.43. The van der Waals surface area contributed by atoms with Crippen LogP contribution in [-0.4, -0.2) is 74.8 Å². The van der Waals surface area contributed by atoms with Crippen LogP contribution >= 0.6 is 0 Å². The lowest BCUT2D eigenvalue weighted by atomic mass is 10.1. The molecule has 0 spiro atoms. The van der Waals surface area contributed by atoms with Crippen LogP contribution in [0.4, 0.5) is 5.95 Å². The number of hydrogen-bond acceptors (Lipinski definition) is 8. The maximum Gasteiger partial charge on any atom is 0.283 e. The summed E-state index contributed by atoms with van der Waals surface area (Å²) in [4.78, 5) is 40.3. The highest BCUT2D eigenvalue weighted by molar-refractivity contribution is 5.72. The first-order valence-electron chi connectivity index (χ1n) is 11.0. The number of ether oxygens (including phenoxy) is 3. The molecule has 11 heteroatoms. The minimum atomic E-state index is -0.869. The zero-order valence-corrected chi connectivity index (χ0v) is 19.4. The Balaban J connectivity index is 1.62. The molecule has 0 N–H and O–H groups in total. The molecule has 0 radical (unpaired) electrons. The van der Waals surface area contributed by atoms with Gasteiger partial charge < -0.3 is 23.9 Å². The number of aliphatic imine (C=N–C) groups is 1. The summed E-state index contributed by atoms with van der Waals surface area (Å²) in [7, 11) is 3.66. The Morgan fingerprint density at radius 3 is 2.62 bits per heavy atom. The van der Waals surface area contributed by atoms with Crippen molar-refractivity contribution in [3.8, 4) is 0 Å². The number of imidazole rings is 1. The zero-order valence-electron chi connectivity index (χ0n) is 19.4. The van der Waals surface area contributed by atoms with Gasteiger partial charge in [-0.05, 0) is 19.4 Å². The van der Waals surface area contributed by atoms with E-state index in [4.69, 9.17) is 14.2 Å². The normalized spacial score (nSPS) is 25.8. The molecule has 0 bridgehead atoms. The van der Waals surface area contributed by atoms with Crippen molar-refractivity contribution in [1.82, 2.24) is 24.0 Å². The summed E-state index contributed by atoms with van der Waals surface area (Å²) in [5.41, 5.74) is 1.07. The van der Waals surface area contributed by atoms with Gasteiger partial charge in [-0.3, -0.25) is 13.9 Å². The van der Waals surface area contributed by atoms with E-state index < -0.39 is 30.3 Å². The molecule has 0 aliphatic carbocycles. The van der Waals surface area contributed by atoms with E-state index >= 15 is 0 Å². The van der Waals surface area contributed by atoms with E-state index in [2.05, 4.69) is 15.0 Å². The van der Waals surface area contributed by atoms with Gasteiger partial charge in [-0.1, -0.05) is 30.3 Å². The Kier molecular flexibility index (Phi) is 5.54. The van der Waals surface area contributed by atoms with Crippen LogP contribution in [0.3, 0.4) is 0 Å². The van der Waals surface area contributed by atoms with Gasteiger partial charge in [0.05, 0.1) is 19.2 Å². The fourth-order valence-corrected chi connectivity index (χ4v) is 4.29. The van der Waals surface area contributed by atoms with Crippen molar-refractivity contribution in [2.24, 2.45) is 4.99 Å². The third kappa shape index (κ3) is 3.91. The second-order valence-corrected chi connectivity index (χ2v) is 9.01. The summed E-state index contributed by atoms with van der Waals surface area (Å²) >= 11 is 0. The van der Waals surface area contributed by atoms with Gasteiger partial charge in [-0.15, -0.1) is 0 Å². The van der Waals surface area contributed by atoms with E-state index in [0.717, 1.165) is 5.56 Å². The molecule has 2 aliphatic heterocycles. The van der Waals surface area contributed by atoms with E-state index in [1.165, 1.54) is 10.9 Å². The third-order valence-electron chi connectivity index (χ3n) is 5.72. The number of aldehydes is 1. The van der Waals surface area contributed by atoms with Gasteiger partial charge in [0, 0.05) is 14.1 Å². The number of aromatic nitrogens is 4. The van der Waals surface area contributed by atoms with Crippen LogP contribution in [0.25, 0.3) is 11.2 Å². The van der Waals surface area contributed by atoms with Crippen LogP contribution in [0, 0.1) is 0 Å². The molecule has 178 valence electrons. The van der Waals surface area contributed by atoms with E-state index in [-0.39, 0.29) is 17.0 Å². The van der Waals surface area contributed by atoms with E-state index in [9.17, 15) is 9.59 Å². The molecule has 2 aromatic heterocycles. The molecular weight excluding hydrogens is 440 g/mol. The molecule has 2 fully saturated rings. The van der Waals surface area contributed by atoms with Crippen molar-refractivity contribution in [2.75, 3.05) is 14.1 Å². The molecule has 2 saturated heterocycles. The average Bonchev–Trinajstić information content (AvgIpc) is 3.45. The van der Waals surface area contributed by atoms with Gasteiger partial charge in [0.25, 0.3) is 5.56 Å². The summed E-state index contributed by atoms with van der Waals surface area (Å²) in [6.45, 7) is 3.86. The number of benzene rings is 1. The maximum atomic E-state index is 13.5. The van der Waals surface area contributed by atoms with Gasteiger partial charge in [-0.2, -0.15) is 4.98 Å². The van der Waals surface area contributed by atoms with Crippen LogP contribution in [0.5, 0.6) is 0 Å². The van der Waals surface area contributed by atoms with Gasteiger partial charge in [-0.25, -0.2) is 9.98 Å². The number of fused-ring (bicyclic) bond motifs is 2. The highest BCUT2D eigenvalue weighted by atomic mass is 16.8. The summed E-state index contributed by atoms with van der Waals surface area (Å²) in [6, 6.07) is 9.59. The fourth-order valence-electron chi connectivity index (χ4n) is 4.29. The Morgan fingerprint density at radius 1 is 1.18 bits per heavy atom. The maximum absolute atomic E-state index is 13.5. The Hall–Kier alpha value is -3.41. The first-order valence-corrected chi connectivity index (χ1v) is 11.0. The number of nitrogens with zero attached hydrogens (tertiary/aromatic N) is 6. The molecule has 5 rings (SSSR count). The van der Waals surface area contributed by atoms with Crippen LogP contribution in [0.2, 0.25) is 0 Å². The molecule has 0 saturated carbocycles. The predicted octanol–water partition coefficient (Wildman–Crippen LogP) is 1.48. The fraction of sp³-hybridized carbons (Fsp3) is 0.435. The first kappa shape index (κ1) is 22.4. The lowest BCUT2D eigenvalue weighted by molar-refractivity contribution is -0.194. The van der Waals surface area contributed by atoms with Gasteiger partial charge in [0.2, 0.25) is 5.95 Å². The minimum Gasteiger partial charge on any atom is -0.369 e. The van der Waals surface area contributed by atoms with Gasteiger partial charge >= 0.3 is 0 Å². The molecule has 3 aromatic rings. The SMILES string of the molecule is CN(C)C=Nc1nc2c(ncn2C2OC(C=O)C3OC(C)(C)OC32)c(=O)n1Cc1ccccc1. The molecule has 4 unspecified atom stereocenters. The Bertz CT molecular complexity index is 1300. The summed E-state index contributed by atoms with van der Waals surface area (Å²) in [6.07, 6.45) is 1.08. The van der Waals surface area contributed by atoms with Crippen LogP contribution < -0.4 is 5.56 Å². The molecule has 4 atom stereocenters. The van der Waals surface area contributed by atoms with Crippen LogP contribution in [0.1, 0.15) is 25.6 Å². The monoisotopic (exact) mass is 466 g/mol. The number of hydrogen-bond donors (Lipinski definition) is 0. The van der Waals surface area contributed by atoms with Crippen molar-refractivity contribution in [1.29, 1.82) is 0 Å². The predicted molar refractivity (Wildman–Crippen MR) is 123 cm³/mol. The number of rotatable bonds is 6. The molecule has 2 aliphatic rings. The molecule has 34 heavy (non-hydrogen) atoms. The Labute approximate surface area is 195 Å². The second-order valence-electron chi connectivity index (χ2n) is 9.01. The summed E-state index contributed by atoms with van der Waals surface area (Å²) in [5.74, 6) is -0.645. The lowest BCUT2D eigenvalue weighted by Crippen LogP contribution is -2.30.